The smallest absolute Gasteiger partial charge is 0.147 e. The molecule has 5 nitrogen and oxygen atoms in total. The zero-order valence-electron chi connectivity index (χ0n) is 14.5. The lowest BCUT2D eigenvalue weighted by Crippen LogP contribution is -2.33. The summed E-state index contributed by atoms with van der Waals surface area (Å²) in [4.78, 5) is 6.96. The monoisotopic (exact) mass is 314 g/mol. The number of aryl methyl sites for hydroxylation is 3. The van der Waals surface area contributed by atoms with Crippen LogP contribution in [0.4, 0.5) is 0 Å². The second-order valence-electron chi connectivity index (χ2n) is 6.47. The highest BCUT2D eigenvalue weighted by molar-refractivity contribution is 5.36. The molecule has 0 N–H and O–H groups in total. The Morgan fingerprint density at radius 3 is 2.78 bits per heavy atom. The van der Waals surface area contributed by atoms with Crippen molar-refractivity contribution in [1.82, 2.24) is 19.7 Å². The average Bonchev–Trinajstić information content (AvgIpc) is 3.06. The summed E-state index contributed by atoms with van der Waals surface area (Å²) in [7, 11) is 1.75. The first-order valence-electron chi connectivity index (χ1n) is 8.32. The molecule has 0 radical (unpaired) electrons. The molecule has 1 atom stereocenters. The van der Waals surface area contributed by atoms with Crippen molar-refractivity contribution in [3.8, 4) is 5.75 Å². The van der Waals surface area contributed by atoms with Gasteiger partial charge < -0.3 is 4.74 Å². The molecule has 0 unspecified atom stereocenters. The minimum atomic E-state index is 0.514. The van der Waals surface area contributed by atoms with Crippen molar-refractivity contribution in [3.63, 3.8) is 0 Å². The molecule has 5 heteroatoms. The van der Waals surface area contributed by atoms with Crippen molar-refractivity contribution in [2.75, 3.05) is 13.7 Å². The Morgan fingerprint density at radius 2 is 2.09 bits per heavy atom. The summed E-state index contributed by atoms with van der Waals surface area (Å²) in [6.45, 7) is 9.10. The summed E-state index contributed by atoms with van der Waals surface area (Å²) in [5.74, 6) is 2.84. The SMILES string of the molecule is COc1ccc(C)cc1CN1CCC[C@@H]1Cn1nc(C)nc1C. The van der Waals surface area contributed by atoms with Gasteiger partial charge in [-0.3, -0.25) is 4.90 Å². The summed E-state index contributed by atoms with van der Waals surface area (Å²) < 4.78 is 7.58. The summed E-state index contributed by atoms with van der Waals surface area (Å²) in [5, 5.41) is 4.52. The second-order valence-corrected chi connectivity index (χ2v) is 6.47. The van der Waals surface area contributed by atoms with Crippen LogP contribution >= 0.6 is 0 Å². The topological polar surface area (TPSA) is 43.2 Å². The third kappa shape index (κ3) is 3.55. The van der Waals surface area contributed by atoms with E-state index in [9.17, 15) is 0 Å². The average molecular weight is 314 g/mol. The van der Waals surface area contributed by atoms with Crippen LogP contribution in [0, 0.1) is 20.8 Å². The molecule has 0 spiro atoms. The van der Waals surface area contributed by atoms with E-state index in [2.05, 4.69) is 40.1 Å². The van der Waals surface area contributed by atoms with Gasteiger partial charge in [0.1, 0.15) is 17.4 Å². The van der Waals surface area contributed by atoms with Gasteiger partial charge in [-0.2, -0.15) is 5.10 Å². The normalized spacial score (nSPS) is 18.5. The predicted molar refractivity (Wildman–Crippen MR) is 90.7 cm³/mol. The molecule has 1 aromatic heterocycles. The van der Waals surface area contributed by atoms with E-state index in [1.807, 2.05) is 18.5 Å². The van der Waals surface area contributed by atoms with Crippen molar-refractivity contribution in [2.45, 2.75) is 52.7 Å². The molecule has 0 aliphatic carbocycles. The van der Waals surface area contributed by atoms with E-state index in [-0.39, 0.29) is 0 Å². The Kier molecular flexibility index (Phi) is 4.66. The van der Waals surface area contributed by atoms with E-state index in [1.165, 1.54) is 24.0 Å². The molecule has 124 valence electrons. The molecule has 0 saturated carbocycles. The summed E-state index contributed by atoms with van der Waals surface area (Å²) in [6.07, 6.45) is 2.46. The quantitative estimate of drug-likeness (QED) is 0.851. The number of hydrogen-bond acceptors (Lipinski definition) is 4. The van der Waals surface area contributed by atoms with E-state index < -0.39 is 0 Å². The Bertz CT molecular complexity index is 680. The number of methoxy groups -OCH3 is 1. The van der Waals surface area contributed by atoms with Crippen LogP contribution in [0.1, 0.15) is 35.6 Å². The molecule has 1 fully saturated rings. The molecular formula is C18H26N4O. The second kappa shape index (κ2) is 6.71. The molecule has 3 rings (SSSR count). The van der Waals surface area contributed by atoms with E-state index in [4.69, 9.17) is 4.74 Å². The first-order valence-corrected chi connectivity index (χ1v) is 8.32. The van der Waals surface area contributed by atoms with Crippen LogP contribution in [0.25, 0.3) is 0 Å². The molecule has 2 aromatic rings. The van der Waals surface area contributed by atoms with Gasteiger partial charge in [-0.25, -0.2) is 9.67 Å². The summed E-state index contributed by atoms with van der Waals surface area (Å²) in [6, 6.07) is 6.92. The number of benzene rings is 1. The maximum Gasteiger partial charge on any atom is 0.147 e. The van der Waals surface area contributed by atoms with Crippen LogP contribution in [0.5, 0.6) is 5.75 Å². The van der Waals surface area contributed by atoms with Crippen LogP contribution < -0.4 is 4.74 Å². The number of rotatable bonds is 5. The summed E-state index contributed by atoms with van der Waals surface area (Å²) in [5.41, 5.74) is 2.55. The van der Waals surface area contributed by atoms with Gasteiger partial charge in [0.2, 0.25) is 0 Å². The zero-order valence-corrected chi connectivity index (χ0v) is 14.5. The molecular weight excluding hydrogens is 288 g/mol. The number of hydrogen-bond donors (Lipinski definition) is 0. The van der Waals surface area contributed by atoms with E-state index in [0.717, 1.165) is 37.0 Å². The molecule has 1 aromatic carbocycles. The zero-order chi connectivity index (χ0) is 16.4. The number of likely N-dealkylation sites (tertiary alicyclic amines) is 1. The number of nitrogens with zero attached hydrogens (tertiary/aromatic N) is 4. The fourth-order valence-corrected chi connectivity index (χ4v) is 3.49. The highest BCUT2D eigenvalue weighted by atomic mass is 16.5. The maximum atomic E-state index is 5.53. The van der Waals surface area contributed by atoms with Gasteiger partial charge in [-0.1, -0.05) is 17.7 Å². The Hall–Kier alpha value is -1.88. The molecule has 2 heterocycles. The standard InChI is InChI=1S/C18H26N4O/c1-13-7-8-18(23-4)16(10-13)11-21-9-5-6-17(21)12-22-15(3)19-14(2)20-22/h7-8,10,17H,5-6,9,11-12H2,1-4H3/t17-/m1/s1. The third-order valence-electron chi connectivity index (χ3n) is 4.65. The first-order chi connectivity index (χ1) is 11.1. The largest absolute Gasteiger partial charge is 0.496 e. The van der Waals surface area contributed by atoms with E-state index in [1.54, 1.807) is 7.11 Å². The Labute approximate surface area is 138 Å². The van der Waals surface area contributed by atoms with Gasteiger partial charge >= 0.3 is 0 Å². The van der Waals surface area contributed by atoms with Gasteiger partial charge in [-0.15, -0.1) is 0 Å². The molecule has 1 aliphatic heterocycles. The maximum absolute atomic E-state index is 5.53. The number of aromatic nitrogens is 3. The van der Waals surface area contributed by atoms with Crippen LogP contribution in [-0.2, 0) is 13.1 Å². The molecule has 23 heavy (non-hydrogen) atoms. The highest BCUT2D eigenvalue weighted by Gasteiger charge is 2.26. The van der Waals surface area contributed by atoms with Crippen LogP contribution in [0.2, 0.25) is 0 Å². The van der Waals surface area contributed by atoms with E-state index >= 15 is 0 Å². The molecule has 1 aliphatic rings. The van der Waals surface area contributed by atoms with Gasteiger partial charge in [-0.05, 0) is 46.2 Å². The van der Waals surface area contributed by atoms with Gasteiger partial charge in [0.15, 0.2) is 0 Å². The van der Waals surface area contributed by atoms with Crippen molar-refractivity contribution >= 4 is 0 Å². The Balaban J connectivity index is 1.74. The summed E-state index contributed by atoms with van der Waals surface area (Å²) >= 11 is 0. The molecule has 0 amide bonds. The lowest BCUT2D eigenvalue weighted by molar-refractivity contribution is 0.215. The van der Waals surface area contributed by atoms with Crippen molar-refractivity contribution < 1.29 is 4.74 Å². The van der Waals surface area contributed by atoms with Gasteiger partial charge in [0.05, 0.1) is 13.7 Å². The molecule has 0 bridgehead atoms. The van der Waals surface area contributed by atoms with Gasteiger partial charge in [0, 0.05) is 18.2 Å². The fraction of sp³-hybridized carbons (Fsp3) is 0.556. The minimum Gasteiger partial charge on any atom is -0.496 e. The van der Waals surface area contributed by atoms with E-state index in [0.29, 0.717) is 6.04 Å². The van der Waals surface area contributed by atoms with Crippen molar-refractivity contribution in [1.29, 1.82) is 0 Å². The van der Waals surface area contributed by atoms with Crippen molar-refractivity contribution in [3.05, 3.63) is 41.0 Å². The highest BCUT2D eigenvalue weighted by Crippen LogP contribution is 2.26. The van der Waals surface area contributed by atoms with Crippen molar-refractivity contribution in [2.24, 2.45) is 0 Å². The van der Waals surface area contributed by atoms with Crippen LogP contribution in [0.15, 0.2) is 18.2 Å². The lowest BCUT2D eigenvalue weighted by Gasteiger charge is -2.25. The third-order valence-corrected chi connectivity index (χ3v) is 4.65. The molecule has 1 saturated heterocycles. The van der Waals surface area contributed by atoms with Crippen LogP contribution in [-0.4, -0.2) is 39.4 Å². The van der Waals surface area contributed by atoms with Crippen LogP contribution in [0.3, 0.4) is 0 Å². The van der Waals surface area contributed by atoms with Gasteiger partial charge in [0.25, 0.3) is 0 Å². The fourth-order valence-electron chi connectivity index (χ4n) is 3.49. The Morgan fingerprint density at radius 1 is 1.26 bits per heavy atom. The lowest BCUT2D eigenvalue weighted by atomic mass is 10.1. The minimum absolute atomic E-state index is 0.514. The predicted octanol–water partition coefficient (Wildman–Crippen LogP) is 2.88. The first kappa shape index (κ1) is 16.0. The number of ether oxygens (including phenoxy) is 1.